The zero-order valence-electron chi connectivity index (χ0n) is 10.9. The van der Waals surface area contributed by atoms with E-state index in [0.717, 1.165) is 26.1 Å². The summed E-state index contributed by atoms with van der Waals surface area (Å²) in [6.07, 6.45) is 1.69. The molecule has 1 fully saturated rings. The van der Waals surface area contributed by atoms with E-state index in [0.29, 0.717) is 25.4 Å². The maximum atomic E-state index is 11.4. The Bertz CT molecular complexity index is 284. The van der Waals surface area contributed by atoms with Crippen molar-refractivity contribution < 1.29 is 14.7 Å². The Labute approximate surface area is 108 Å². The van der Waals surface area contributed by atoms with E-state index in [1.165, 1.54) is 0 Å². The first-order chi connectivity index (χ1) is 8.61. The van der Waals surface area contributed by atoms with Crippen molar-refractivity contribution in [2.75, 3.05) is 32.7 Å². The third kappa shape index (κ3) is 5.86. The molecule has 0 aromatic heterocycles. The highest BCUT2D eigenvalue weighted by Gasteiger charge is 2.21. The van der Waals surface area contributed by atoms with E-state index in [9.17, 15) is 9.59 Å². The number of likely N-dealkylation sites (tertiary alicyclic amines) is 1. The lowest BCUT2D eigenvalue weighted by Gasteiger charge is -2.14. The van der Waals surface area contributed by atoms with Crippen LogP contribution in [-0.4, -0.2) is 54.7 Å². The average molecular weight is 257 g/mol. The summed E-state index contributed by atoms with van der Waals surface area (Å²) in [5, 5.41) is 13.9. The highest BCUT2D eigenvalue weighted by Crippen LogP contribution is 2.14. The SMILES string of the molecule is CCN1CCC(CNC(=O)NCCCC(=O)O)C1. The molecule has 6 nitrogen and oxygen atoms in total. The molecule has 1 saturated heterocycles. The maximum Gasteiger partial charge on any atom is 0.314 e. The Morgan fingerprint density at radius 1 is 1.39 bits per heavy atom. The van der Waals surface area contributed by atoms with E-state index in [-0.39, 0.29) is 12.5 Å². The highest BCUT2D eigenvalue weighted by molar-refractivity contribution is 5.73. The summed E-state index contributed by atoms with van der Waals surface area (Å²) >= 11 is 0. The summed E-state index contributed by atoms with van der Waals surface area (Å²) in [5.41, 5.74) is 0. The topological polar surface area (TPSA) is 81.7 Å². The second-order valence-electron chi connectivity index (χ2n) is 4.68. The van der Waals surface area contributed by atoms with Gasteiger partial charge in [-0.15, -0.1) is 0 Å². The number of carbonyl (C=O) groups excluding carboxylic acids is 1. The van der Waals surface area contributed by atoms with Crippen LogP contribution in [0.2, 0.25) is 0 Å². The van der Waals surface area contributed by atoms with Crippen LogP contribution in [-0.2, 0) is 4.79 Å². The number of carboxylic acid groups (broad SMARTS) is 1. The molecule has 0 bridgehead atoms. The Balaban J connectivity index is 2.01. The molecule has 3 N–H and O–H groups in total. The van der Waals surface area contributed by atoms with Crippen molar-refractivity contribution >= 4 is 12.0 Å². The van der Waals surface area contributed by atoms with Gasteiger partial charge in [0.1, 0.15) is 0 Å². The van der Waals surface area contributed by atoms with Gasteiger partial charge in [-0.3, -0.25) is 4.79 Å². The lowest BCUT2D eigenvalue weighted by molar-refractivity contribution is -0.137. The predicted molar refractivity (Wildman–Crippen MR) is 68.5 cm³/mol. The van der Waals surface area contributed by atoms with Gasteiger partial charge in [-0.2, -0.15) is 0 Å². The van der Waals surface area contributed by atoms with Crippen LogP contribution in [0.5, 0.6) is 0 Å². The standard InChI is InChI=1S/C12H23N3O3/c1-2-15-7-5-10(9-15)8-14-12(18)13-6-3-4-11(16)17/h10H,2-9H2,1H3,(H,16,17)(H2,13,14,18). The molecule has 1 rings (SSSR count). The van der Waals surface area contributed by atoms with Gasteiger partial charge >= 0.3 is 12.0 Å². The monoisotopic (exact) mass is 257 g/mol. The van der Waals surface area contributed by atoms with Crippen LogP contribution >= 0.6 is 0 Å². The molecule has 0 aliphatic carbocycles. The fourth-order valence-corrected chi connectivity index (χ4v) is 2.11. The molecule has 0 aromatic rings. The summed E-state index contributed by atoms with van der Waals surface area (Å²) in [5.74, 6) is -0.294. The van der Waals surface area contributed by atoms with Crippen LogP contribution in [0.1, 0.15) is 26.2 Å². The van der Waals surface area contributed by atoms with Crippen LogP contribution in [0, 0.1) is 5.92 Å². The molecule has 0 spiro atoms. The first-order valence-electron chi connectivity index (χ1n) is 6.57. The number of carboxylic acids is 1. The first kappa shape index (κ1) is 14.8. The average Bonchev–Trinajstić information content (AvgIpc) is 2.80. The van der Waals surface area contributed by atoms with E-state index < -0.39 is 5.97 Å². The predicted octanol–water partition coefficient (Wildman–Crippen LogP) is 0.492. The number of nitrogens with zero attached hydrogens (tertiary/aromatic N) is 1. The van der Waals surface area contributed by atoms with Crippen LogP contribution in [0.4, 0.5) is 4.79 Å². The number of amides is 2. The third-order valence-electron chi connectivity index (χ3n) is 3.22. The van der Waals surface area contributed by atoms with Gasteiger partial charge in [0.2, 0.25) is 0 Å². The molecule has 1 aliphatic rings. The molecule has 104 valence electrons. The number of carbonyl (C=O) groups is 2. The van der Waals surface area contributed by atoms with Gasteiger partial charge in [-0.25, -0.2) is 4.79 Å². The molecule has 2 amide bonds. The van der Waals surface area contributed by atoms with Gasteiger partial charge in [-0.05, 0) is 31.8 Å². The van der Waals surface area contributed by atoms with Crippen molar-refractivity contribution in [1.29, 1.82) is 0 Å². The van der Waals surface area contributed by atoms with Gasteiger partial charge in [0.05, 0.1) is 0 Å². The molecule has 1 atom stereocenters. The number of urea groups is 1. The molecule has 1 aliphatic heterocycles. The van der Waals surface area contributed by atoms with Crippen molar-refractivity contribution in [3.63, 3.8) is 0 Å². The van der Waals surface area contributed by atoms with Crippen molar-refractivity contribution in [2.24, 2.45) is 5.92 Å². The summed E-state index contributed by atoms with van der Waals surface area (Å²) in [6.45, 7) is 6.48. The normalized spacial score (nSPS) is 19.7. The van der Waals surface area contributed by atoms with E-state index >= 15 is 0 Å². The van der Waals surface area contributed by atoms with Crippen molar-refractivity contribution in [3.8, 4) is 0 Å². The first-order valence-corrected chi connectivity index (χ1v) is 6.57. The molecule has 1 heterocycles. The van der Waals surface area contributed by atoms with Crippen molar-refractivity contribution in [3.05, 3.63) is 0 Å². The maximum absolute atomic E-state index is 11.4. The fourth-order valence-electron chi connectivity index (χ4n) is 2.11. The molecule has 0 saturated carbocycles. The minimum Gasteiger partial charge on any atom is -0.481 e. The number of hydrogen-bond donors (Lipinski definition) is 3. The lowest BCUT2D eigenvalue weighted by Crippen LogP contribution is -2.39. The molecular weight excluding hydrogens is 234 g/mol. The van der Waals surface area contributed by atoms with Crippen LogP contribution in [0.15, 0.2) is 0 Å². The number of rotatable bonds is 7. The zero-order valence-corrected chi connectivity index (χ0v) is 10.9. The smallest absolute Gasteiger partial charge is 0.314 e. The van der Waals surface area contributed by atoms with E-state index in [2.05, 4.69) is 22.5 Å². The third-order valence-corrected chi connectivity index (χ3v) is 3.22. The highest BCUT2D eigenvalue weighted by atomic mass is 16.4. The quantitative estimate of drug-likeness (QED) is 0.580. The zero-order chi connectivity index (χ0) is 13.4. The fraction of sp³-hybridized carbons (Fsp3) is 0.833. The van der Waals surface area contributed by atoms with Crippen LogP contribution in [0.25, 0.3) is 0 Å². The summed E-state index contributed by atoms with van der Waals surface area (Å²) in [6, 6.07) is -0.199. The minimum absolute atomic E-state index is 0.0916. The summed E-state index contributed by atoms with van der Waals surface area (Å²) < 4.78 is 0. The summed E-state index contributed by atoms with van der Waals surface area (Å²) in [4.78, 5) is 24.1. The van der Waals surface area contributed by atoms with Gasteiger partial charge < -0.3 is 20.6 Å². The van der Waals surface area contributed by atoms with Gasteiger partial charge in [-0.1, -0.05) is 6.92 Å². The lowest BCUT2D eigenvalue weighted by atomic mass is 10.1. The molecular formula is C12H23N3O3. The van der Waals surface area contributed by atoms with E-state index in [1.54, 1.807) is 0 Å². The number of aliphatic carboxylic acids is 1. The molecule has 0 radical (unpaired) electrons. The van der Waals surface area contributed by atoms with Gasteiger partial charge in [0.15, 0.2) is 0 Å². The minimum atomic E-state index is -0.831. The molecule has 6 heteroatoms. The van der Waals surface area contributed by atoms with Crippen LogP contribution in [0.3, 0.4) is 0 Å². The Morgan fingerprint density at radius 3 is 2.78 bits per heavy atom. The largest absolute Gasteiger partial charge is 0.481 e. The van der Waals surface area contributed by atoms with E-state index in [4.69, 9.17) is 5.11 Å². The summed E-state index contributed by atoms with van der Waals surface area (Å²) in [7, 11) is 0. The van der Waals surface area contributed by atoms with Crippen molar-refractivity contribution in [2.45, 2.75) is 26.2 Å². The second-order valence-corrected chi connectivity index (χ2v) is 4.68. The second kappa shape index (κ2) is 7.92. The Hall–Kier alpha value is -1.30. The molecule has 0 aromatic carbocycles. The Morgan fingerprint density at radius 2 is 2.17 bits per heavy atom. The van der Waals surface area contributed by atoms with E-state index in [1.807, 2.05) is 0 Å². The van der Waals surface area contributed by atoms with Crippen molar-refractivity contribution in [1.82, 2.24) is 15.5 Å². The number of nitrogens with one attached hydrogen (secondary N) is 2. The molecule has 1 unspecified atom stereocenters. The van der Waals surface area contributed by atoms with Gasteiger partial charge in [0, 0.05) is 26.1 Å². The number of hydrogen-bond acceptors (Lipinski definition) is 3. The Kier molecular flexibility index (Phi) is 6.49. The van der Waals surface area contributed by atoms with Gasteiger partial charge in [0.25, 0.3) is 0 Å². The van der Waals surface area contributed by atoms with Crippen LogP contribution < -0.4 is 10.6 Å². The molecule has 18 heavy (non-hydrogen) atoms.